The number of carbonyl (C=O) groups excluding carboxylic acids is 1. The molecule has 1 atom stereocenters. The van der Waals surface area contributed by atoms with Crippen molar-refractivity contribution in [2.45, 2.75) is 31.7 Å². The molecule has 2 aromatic carbocycles. The molecule has 156 valence electrons. The average Bonchev–Trinajstić information content (AvgIpc) is 2.66. The molecule has 0 bridgehead atoms. The summed E-state index contributed by atoms with van der Waals surface area (Å²) in [5.41, 5.74) is 5.25. The van der Waals surface area contributed by atoms with E-state index >= 15 is 0 Å². The zero-order valence-electron chi connectivity index (χ0n) is 17.4. The first-order valence-corrected chi connectivity index (χ1v) is 10.8. The molecule has 1 amide bonds. The first-order valence-electron chi connectivity index (χ1n) is 9.29. The van der Waals surface area contributed by atoms with Crippen molar-refractivity contribution in [3.63, 3.8) is 0 Å². The first kappa shape index (κ1) is 22.6. The predicted molar refractivity (Wildman–Crippen MR) is 117 cm³/mol. The SMILES string of the molecule is Cc1ccc(S(=O)(=O)N[C@H](C(=O)N/N=C\c2ccc(N(C)C)cc2)C(C)C)cc1. The molecule has 0 unspecified atom stereocenters. The molecule has 2 N–H and O–H groups in total. The number of rotatable bonds is 8. The zero-order valence-corrected chi connectivity index (χ0v) is 18.2. The Balaban J connectivity index is 2.06. The molecule has 7 nitrogen and oxygen atoms in total. The van der Waals surface area contributed by atoms with Crippen molar-refractivity contribution < 1.29 is 13.2 Å². The number of benzene rings is 2. The quantitative estimate of drug-likeness (QED) is 0.511. The third kappa shape index (κ3) is 6.40. The highest BCUT2D eigenvalue weighted by Crippen LogP contribution is 2.13. The molecule has 0 heterocycles. The van der Waals surface area contributed by atoms with Gasteiger partial charge in [0.05, 0.1) is 11.1 Å². The van der Waals surface area contributed by atoms with Crippen LogP contribution in [0.15, 0.2) is 58.5 Å². The van der Waals surface area contributed by atoms with Gasteiger partial charge >= 0.3 is 0 Å². The molecule has 0 fully saturated rings. The number of hydrogen-bond donors (Lipinski definition) is 2. The third-order valence-corrected chi connectivity index (χ3v) is 5.82. The fraction of sp³-hybridized carbons (Fsp3) is 0.333. The van der Waals surface area contributed by atoms with Crippen molar-refractivity contribution in [1.82, 2.24) is 10.1 Å². The van der Waals surface area contributed by atoms with Crippen molar-refractivity contribution in [2.75, 3.05) is 19.0 Å². The number of hydrogen-bond acceptors (Lipinski definition) is 5. The Hall–Kier alpha value is -2.71. The first-order chi connectivity index (χ1) is 13.6. The third-order valence-electron chi connectivity index (χ3n) is 4.36. The van der Waals surface area contributed by atoms with Crippen LogP contribution in [0.3, 0.4) is 0 Å². The van der Waals surface area contributed by atoms with Crippen molar-refractivity contribution >= 4 is 27.8 Å². The van der Waals surface area contributed by atoms with E-state index in [4.69, 9.17) is 0 Å². The Bertz CT molecular complexity index is 950. The van der Waals surface area contributed by atoms with Gasteiger partial charge in [0.15, 0.2) is 0 Å². The second-order valence-corrected chi connectivity index (χ2v) is 9.09. The Labute approximate surface area is 172 Å². The number of anilines is 1. The zero-order chi connectivity index (χ0) is 21.6. The van der Waals surface area contributed by atoms with Gasteiger partial charge in [-0.25, -0.2) is 13.8 Å². The van der Waals surface area contributed by atoms with Crippen LogP contribution in [0.25, 0.3) is 0 Å². The predicted octanol–water partition coefficient (Wildman–Crippen LogP) is 2.51. The summed E-state index contributed by atoms with van der Waals surface area (Å²) in [7, 11) is 0.0791. The summed E-state index contributed by atoms with van der Waals surface area (Å²) in [4.78, 5) is 14.6. The van der Waals surface area contributed by atoms with Crippen LogP contribution in [-0.2, 0) is 14.8 Å². The number of aryl methyl sites for hydroxylation is 1. The second-order valence-electron chi connectivity index (χ2n) is 7.38. The largest absolute Gasteiger partial charge is 0.378 e. The summed E-state index contributed by atoms with van der Waals surface area (Å²) < 4.78 is 27.7. The molecule has 29 heavy (non-hydrogen) atoms. The van der Waals surface area contributed by atoms with Crippen LogP contribution < -0.4 is 15.0 Å². The lowest BCUT2D eigenvalue weighted by Crippen LogP contribution is -2.48. The van der Waals surface area contributed by atoms with Crippen molar-refractivity contribution in [2.24, 2.45) is 11.0 Å². The van der Waals surface area contributed by atoms with E-state index < -0.39 is 22.0 Å². The smallest absolute Gasteiger partial charge is 0.258 e. The van der Waals surface area contributed by atoms with Crippen molar-refractivity contribution in [3.8, 4) is 0 Å². The van der Waals surface area contributed by atoms with E-state index in [0.29, 0.717) is 0 Å². The maximum atomic E-state index is 12.6. The van der Waals surface area contributed by atoms with Gasteiger partial charge in [-0.1, -0.05) is 43.7 Å². The highest BCUT2D eigenvalue weighted by Gasteiger charge is 2.28. The fourth-order valence-electron chi connectivity index (χ4n) is 2.54. The maximum absolute atomic E-state index is 12.6. The highest BCUT2D eigenvalue weighted by molar-refractivity contribution is 7.89. The minimum absolute atomic E-state index is 0.117. The summed E-state index contributed by atoms with van der Waals surface area (Å²) in [5.74, 6) is -0.776. The van der Waals surface area contributed by atoms with Crippen LogP contribution in [-0.4, -0.2) is 40.7 Å². The number of carbonyl (C=O) groups is 1. The molecule has 0 aliphatic heterocycles. The number of hydrazone groups is 1. The van der Waals surface area contributed by atoms with Gasteiger partial charge in [0, 0.05) is 19.8 Å². The maximum Gasteiger partial charge on any atom is 0.258 e. The van der Waals surface area contributed by atoms with E-state index in [1.54, 1.807) is 26.0 Å². The topological polar surface area (TPSA) is 90.9 Å². The van der Waals surface area contributed by atoms with Crippen LogP contribution in [0, 0.1) is 12.8 Å². The van der Waals surface area contributed by atoms with E-state index in [0.717, 1.165) is 16.8 Å². The van der Waals surface area contributed by atoms with Crippen LogP contribution >= 0.6 is 0 Å². The minimum Gasteiger partial charge on any atom is -0.378 e. The van der Waals surface area contributed by atoms with Crippen molar-refractivity contribution in [3.05, 3.63) is 59.7 Å². The van der Waals surface area contributed by atoms with E-state index in [2.05, 4.69) is 15.2 Å². The summed E-state index contributed by atoms with van der Waals surface area (Å²) in [6, 6.07) is 13.2. The molecule has 0 saturated carbocycles. The van der Waals surface area contributed by atoms with Gasteiger partial charge in [0.1, 0.15) is 6.04 Å². The Morgan fingerprint density at radius 3 is 2.14 bits per heavy atom. The number of nitrogens with one attached hydrogen (secondary N) is 2. The Morgan fingerprint density at radius 2 is 1.62 bits per heavy atom. The lowest BCUT2D eigenvalue weighted by molar-refractivity contribution is -0.123. The van der Waals surface area contributed by atoms with E-state index in [1.165, 1.54) is 18.3 Å². The standard InChI is InChI=1S/C21H28N4O3S/c1-15(2)20(24-29(27,28)19-12-6-16(3)7-13-19)21(26)23-22-14-17-8-10-18(11-9-17)25(4)5/h6-15,20,24H,1-5H3,(H,23,26)/b22-14-/t20-/m0/s1. The van der Waals surface area contributed by atoms with Gasteiger partial charge < -0.3 is 4.90 Å². The lowest BCUT2D eigenvalue weighted by Gasteiger charge is -2.20. The van der Waals surface area contributed by atoms with Gasteiger partial charge in [0.2, 0.25) is 10.0 Å². The lowest BCUT2D eigenvalue weighted by atomic mass is 10.1. The summed E-state index contributed by atoms with van der Waals surface area (Å²) >= 11 is 0. The molecular formula is C21H28N4O3S. The van der Waals surface area contributed by atoms with Crippen LogP contribution in [0.4, 0.5) is 5.69 Å². The number of nitrogens with zero attached hydrogens (tertiary/aromatic N) is 2. The summed E-state index contributed by atoms with van der Waals surface area (Å²) in [5, 5.41) is 3.96. The monoisotopic (exact) mass is 416 g/mol. The van der Waals surface area contributed by atoms with Gasteiger partial charge in [-0.3, -0.25) is 4.79 Å². The highest BCUT2D eigenvalue weighted by atomic mass is 32.2. The minimum atomic E-state index is -3.82. The van der Waals surface area contributed by atoms with Crippen molar-refractivity contribution in [1.29, 1.82) is 0 Å². The van der Waals surface area contributed by atoms with Gasteiger partial charge in [-0.2, -0.15) is 9.82 Å². The molecule has 0 saturated heterocycles. The van der Waals surface area contributed by atoms with E-state index in [1.807, 2.05) is 50.2 Å². The molecule has 0 aliphatic rings. The number of amides is 1. The second kappa shape index (κ2) is 9.67. The molecule has 0 radical (unpaired) electrons. The molecule has 0 aliphatic carbocycles. The summed E-state index contributed by atoms with van der Waals surface area (Å²) in [6.07, 6.45) is 1.52. The van der Waals surface area contributed by atoms with Gasteiger partial charge in [0.25, 0.3) is 5.91 Å². The number of sulfonamides is 1. The van der Waals surface area contributed by atoms with Crippen LogP contribution in [0.1, 0.15) is 25.0 Å². The Kier molecular flexibility index (Phi) is 7.53. The summed E-state index contributed by atoms with van der Waals surface area (Å²) in [6.45, 7) is 5.41. The fourth-order valence-corrected chi connectivity index (χ4v) is 3.89. The average molecular weight is 417 g/mol. The molecular weight excluding hydrogens is 388 g/mol. The van der Waals surface area contributed by atoms with Crippen LogP contribution in [0.2, 0.25) is 0 Å². The molecule has 2 rings (SSSR count). The van der Waals surface area contributed by atoms with Crippen LogP contribution in [0.5, 0.6) is 0 Å². The Morgan fingerprint density at radius 1 is 1.03 bits per heavy atom. The van der Waals surface area contributed by atoms with Gasteiger partial charge in [-0.15, -0.1) is 0 Å². The molecule has 8 heteroatoms. The van der Waals surface area contributed by atoms with Gasteiger partial charge in [-0.05, 0) is 42.7 Å². The van der Waals surface area contributed by atoms with E-state index in [-0.39, 0.29) is 10.8 Å². The molecule has 2 aromatic rings. The molecule has 0 aromatic heterocycles. The normalized spacial score (nSPS) is 12.9. The molecule has 0 spiro atoms. The van der Waals surface area contributed by atoms with E-state index in [9.17, 15) is 13.2 Å².